The molecule has 2 rings (SSSR count). The van der Waals surface area contributed by atoms with E-state index in [1.54, 1.807) is 0 Å². The first-order valence-corrected chi connectivity index (χ1v) is 6.08. The molecule has 0 saturated carbocycles. The summed E-state index contributed by atoms with van der Waals surface area (Å²) in [5, 5.41) is 8.85. The number of anilines is 1. The van der Waals surface area contributed by atoms with Gasteiger partial charge in [-0.05, 0) is 0 Å². The molecule has 0 aromatic carbocycles. The molecule has 3 atom stereocenters. The lowest BCUT2D eigenvalue weighted by Gasteiger charge is -2.13. The number of hydrogen-bond acceptors (Lipinski definition) is 6. The molecule has 2 heterocycles. The third-order valence-electron chi connectivity index (χ3n) is 2.30. The first-order valence-electron chi connectivity index (χ1n) is 4.70. The summed E-state index contributed by atoms with van der Waals surface area (Å²) in [6.07, 6.45) is -0.0465. The minimum absolute atomic E-state index is 0.00380. The second-order valence-electron chi connectivity index (χ2n) is 3.41. The van der Waals surface area contributed by atoms with Gasteiger partial charge in [0.1, 0.15) is 0 Å². The maximum atomic E-state index is 13.2. The Morgan fingerprint density at radius 2 is 2.47 bits per heavy atom. The molecule has 0 aliphatic carbocycles. The average molecular weight is 263 g/mol. The van der Waals surface area contributed by atoms with Gasteiger partial charge in [0, 0.05) is 0 Å². The molecular weight excluding hydrogens is 253 g/mol. The molecule has 1 fully saturated rings. The Labute approximate surface area is 97.5 Å². The number of nitrogens with zero attached hydrogens (tertiary/aromatic N) is 2. The third kappa shape index (κ3) is 2.21. The molecule has 1 aliphatic heterocycles. The van der Waals surface area contributed by atoms with Crippen molar-refractivity contribution in [2.24, 2.45) is 0 Å². The monoisotopic (exact) mass is 263 g/mol. The van der Waals surface area contributed by atoms with Crippen LogP contribution < -0.4 is 11.4 Å². The zero-order chi connectivity index (χ0) is 12.6. The summed E-state index contributed by atoms with van der Waals surface area (Å²) in [7, 11) is -1.42. The first-order chi connectivity index (χ1) is 8.02. The van der Waals surface area contributed by atoms with Crippen molar-refractivity contribution in [3.8, 4) is 0 Å². The van der Waals surface area contributed by atoms with Gasteiger partial charge in [0.2, 0.25) is 0 Å². The highest BCUT2D eigenvalue weighted by atomic mass is 32.2. The normalized spacial score (nSPS) is 28.5. The minimum Gasteiger partial charge on any atom is -0.393 e. The van der Waals surface area contributed by atoms with E-state index < -0.39 is 46.4 Å². The van der Waals surface area contributed by atoms with Gasteiger partial charge in [-0.15, -0.1) is 0 Å². The summed E-state index contributed by atoms with van der Waals surface area (Å²) in [6.45, 7) is -0.428. The number of aromatic nitrogens is 2. The summed E-state index contributed by atoms with van der Waals surface area (Å²) in [5.74, 6) is -1.36. The Bertz CT molecular complexity index is 520. The molecule has 1 aromatic heterocycles. The predicted octanol–water partition coefficient (Wildman–Crippen LogP) is -1.44. The standard InChI is InChI=1S/C8H10FN3O4S/c9-4-1-12(8(14)11-7(4)10)5-3-17(15)6(2-13)16-5/h1,5-6,13H,2-3H2,(H2,10,11,14)/t5-,6+,17?/m1/s1. The highest BCUT2D eigenvalue weighted by molar-refractivity contribution is 7.85. The predicted molar refractivity (Wildman–Crippen MR) is 56.9 cm³/mol. The van der Waals surface area contributed by atoms with Crippen molar-refractivity contribution in [2.75, 3.05) is 18.1 Å². The van der Waals surface area contributed by atoms with E-state index in [9.17, 15) is 13.4 Å². The lowest BCUT2D eigenvalue weighted by molar-refractivity contribution is -0.00750. The van der Waals surface area contributed by atoms with Crippen molar-refractivity contribution in [1.29, 1.82) is 0 Å². The molecule has 9 heteroatoms. The van der Waals surface area contributed by atoms with Crippen LogP contribution in [0.25, 0.3) is 0 Å². The molecule has 0 radical (unpaired) electrons. The lowest BCUT2D eigenvalue weighted by Crippen LogP contribution is -2.29. The van der Waals surface area contributed by atoms with E-state index >= 15 is 0 Å². The maximum absolute atomic E-state index is 13.2. The fraction of sp³-hybridized carbons (Fsp3) is 0.500. The van der Waals surface area contributed by atoms with E-state index in [2.05, 4.69) is 4.98 Å². The Morgan fingerprint density at radius 3 is 3.06 bits per heavy atom. The molecule has 0 bridgehead atoms. The molecular formula is C8H10FN3O4S. The average Bonchev–Trinajstić information content (AvgIpc) is 2.65. The number of hydrogen-bond donors (Lipinski definition) is 2. The highest BCUT2D eigenvalue weighted by Gasteiger charge is 2.33. The van der Waals surface area contributed by atoms with Crippen molar-refractivity contribution < 1.29 is 18.4 Å². The summed E-state index contributed by atoms with van der Waals surface area (Å²) in [5.41, 5.74) is 3.47. The number of nitrogen functional groups attached to an aromatic ring is 1. The molecule has 0 spiro atoms. The summed E-state index contributed by atoms with van der Waals surface area (Å²) < 4.78 is 30.6. The van der Waals surface area contributed by atoms with Crippen molar-refractivity contribution in [3.05, 3.63) is 22.5 Å². The number of ether oxygens (including phenoxy) is 1. The van der Waals surface area contributed by atoms with Crippen LogP contribution in [0.15, 0.2) is 11.0 Å². The summed E-state index contributed by atoms with van der Waals surface area (Å²) in [6, 6.07) is 0. The number of rotatable bonds is 2. The first kappa shape index (κ1) is 12.1. The molecule has 17 heavy (non-hydrogen) atoms. The number of aliphatic hydroxyl groups excluding tert-OH is 1. The smallest absolute Gasteiger partial charge is 0.351 e. The van der Waals surface area contributed by atoms with Crippen LogP contribution in [-0.2, 0) is 15.5 Å². The largest absolute Gasteiger partial charge is 0.393 e. The Morgan fingerprint density at radius 1 is 1.76 bits per heavy atom. The van der Waals surface area contributed by atoms with Gasteiger partial charge in [0.15, 0.2) is 23.3 Å². The summed E-state index contributed by atoms with van der Waals surface area (Å²) >= 11 is 0. The van der Waals surface area contributed by atoms with Crippen molar-refractivity contribution in [2.45, 2.75) is 11.7 Å². The van der Waals surface area contributed by atoms with Crippen LogP contribution in [-0.4, -0.2) is 36.7 Å². The van der Waals surface area contributed by atoms with Crippen LogP contribution in [0.1, 0.15) is 6.23 Å². The molecule has 1 aromatic rings. The Hall–Kier alpha value is -1.32. The Kier molecular flexibility index (Phi) is 3.22. The Balaban J connectivity index is 2.34. The van der Waals surface area contributed by atoms with Gasteiger partial charge in [-0.2, -0.15) is 4.98 Å². The molecule has 1 aliphatic rings. The lowest BCUT2D eigenvalue weighted by atomic mass is 10.5. The van der Waals surface area contributed by atoms with E-state index in [0.29, 0.717) is 0 Å². The van der Waals surface area contributed by atoms with Crippen LogP contribution in [0.2, 0.25) is 0 Å². The molecule has 0 amide bonds. The van der Waals surface area contributed by atoms with E-state index in [4.69, 9.17) is 15.6 Å². The zero-order valence-electron chi connectivity index (χ0n) is 8.58. The highest BCUT2D eigenvalue weighted by Crippen LogP contribution is 2.22. The van der Waals surface area contributed by atoms with Gasteiger partial charge in [-0.3, -0.25) is 8.78 Å². The van der Waals surface area contributed by atoms with Crippen LogP contribution in [0.5, 0.6) is 0 Å². The fourth-order valence-corrected chi connectivity index (χ4v) is 2.61. The zero-order valence-corrected chi connectivity index (χ0v) is 9.39. The van der Waals surface area contributed by atoms with Gasteiger partial charge in [0.25, 0.3) is 0 Å². The van der Waals surface area contributed by atoms with Gasteiger partial charge >= 0.3 is 5.69 Å². The van der Waals surface area contributed by atoms with Gasteiger partial charge < -0.3 is 15.6 Å². The third-order valence-corrected chi connectivity index (χ3v) is 3.76. The van der Waals surface area contributed by atoms with Gasteiger partial charge in [-0.1, -0.05) is 0 Å². The fourth-order valence-electron chi connectivity index (χ4n) is 1.46. The maximum Gasteiger partial charge on any atom is 0.351 e. The van der Waals surface area contributed by atoms with E-state index in [-0.39, 0.29) is 5.75 Å². The molecule has 1 unspecified atom stereocenters. The van der Waals surface area contributed by atoms with Crippen LogP contribution in [0, 0.1) is 5.82 Å². The van der Waals surface area contributed by atoms with Gasteiger partial charge in [-0.25, -0.2) is 9.18 Å². The van der Waals surface area contributed by atoms with E-state index in [1.807, 2.05) is 0 Å². The quantitative estimate of drug-likeness (QED) is 0.676. The minimum atomic E-state index is -1.42. The summed E-state index contributed by atoms with van der Waals surface area (Å²) in [4.78, 5) is 14.7. The van der Waals surface area contributed by atoms with Crippen LogP contribution in [0.3, 0.4) is 0 Å². The van der Waals surface area contributed by atoms with Crippen molar-refractivity contribution in [1.82, 2.24) is 9.55 Å². The number of halogens is 1. The number of nitrogens with two attached hydrogens (primary N) is 1. The molecule has 94 valence electrons. The molecule has 1 saturated heterocycles. The van der Waals surface area contributed by atoms with Gasteiger partial charge in [0.05, 0.1) is 29.4 Å². The van der Waals surface area contributed by atoms with Crippen LogP contribution >= 0.6 is 0 Å². The topological polar surface area (TPSA) is 107 Å². The van der Waals surface area contributed by atoms with E-state index in [1.165, 1.54) is 0 Å². The van der Waals surface area contributed by atoms with Crippen LogP contribution in [0.4, 0.5) is 10.2 Å². The van der Waals surface area contributed by atoms with Crippen molar-refractivity contribution >= 4 is 16.6 Å². The van der Waals surface area contributed by atoms with Crippen molar-refractivity contribution in [3.63, 3.8) is 0 Å². The molecule has 7 nitrogen and oxygen atoms in total. The second kappa shape index (κ2) is 4.51. The SMILES string of the molecule is Nc1nc(=O)n([C@H]2CS(=O)[C@@H](CO)O2)cc1F. The molecule has 3 N–H and O–H groups in total. The second-order valence-corrected chi connectivity index (χ2v) is 5.03. The van der Waals surface area contributed by atoms with E-state index in [0.717, 1.165) is 10.8 Å². The number of aliphatic hydroxyl groups is 1.